The highest BCUT2D eigenvalue weighted by Crippen LogP contribution is 2.35. The number of carbonyl (C=O) groups is 1. The Morgan fingerprint density at radius 2 is 1.89 bits per heavy atom. The van der Waals surface area contributed by atoms with E-state index in [9.17, 15) is 14.5 Å². The Balaban J connectivity index is 4.02. The monoisotopic (exact) mass is 286 g/mol. The number of aliphatic hydroxyl groups excluding tert-OH is 1. The van der Waals surface area contributed by atoms with E-state index in [0.717, 1.165) is 0 Å². The van der Waals surface area contributed by atoms with Gasteiger partial charge in [0, 0.05) is 7.11 Å². The second kappa shape index (κ2) is 7.18. The maximum atomic E-state index is 11.6. The summed E-state index contributed by atoms with van der Waals surface area (Å²) in [5.41, 5.74) is -0.863. The fourth-order valence-corrected chi connectivity index (χ4v) is 1.38. The first kappa shape index (κ1) is 17.5. The number of methoxy groups -OCH3 is 1. The fourth-order valence-electron chi connectivity index (χ4n) is 1.02. The van der Waals surface area contributed by atoms with Crippen LogP contribution >= 0.6 is 7.82 Å². The van der Waals surface area contributed by atoms with Gasteiger partial charge in [-0.25, -0.2) is 4.57 Å². The lowest BCUT2D eigenvalue weighted by Gasteiger charge is -2.22. The van der Waals surface area contributed by atoms with E-state index in [1.54, 1.807) is 13.8 Å². The summed E-state index contributed by atoms with van der Waals surface area (Å²) in [5.74, 6) is -0.584. The summed E-state index contributed by atoms with van der Waals surface area (Å²) in [7, 11) is -3.19. The smallest absolute Gasteiger partial charge is 0.462 e. The van der Waals surface area contributed by atoms with Gasteiger partial charge in [-0.3, -0.25) is 9.32 Å². The summed E-state index contributed by atoms with van der Waals surface area (Å²) in [5, 5.41) is 9.28. The minimum Gasteiger partial charge on any atom is -0.462 e. The molecule has 0 aliphatic carbocycles. The summed E-state index contributed by atoms with van der Waals surface area (Å²) >= 11 is 0. The second-order valence-electron chi connectivity index (χ2n) is 4.36. The molecule has 0 aromatic rings. The van der Waals surface area contributed by atoms with Crippen molar-refractivity contribution in [3.05, 3.63) is 0 Å². The summed E-state index contributed by atoms with van der Waals surface area (Å²) in [6.45, 7) is 2.34. The van der Waals surface area contributed by atoms with E-state index >= 15 is 0 Å². The Morgan fingerprint density at radius 3 is 2.33 bits per heavy atom. The van der Waals surface area contributed by atoms with Crippen LogP contribution in [0.25, 0.3) is 0 Å². The largest absolute Gasteiger partial charge is 0.469 e. The molecular formula is C9H19O8P. The molecule has 108 valence electrons. The molecule has 0 saturated carbocycles. The van der Waals surface area contributed by atoms with Crippen molar-refractivity contribution in [1.82, 2.24) is 0 Å². The average molecular weight is 286 g/mol. The van der Waals surface area contributed by atoms with Gasteiger partial charge in [-0.1, -0.05) is 0 Å². The van der Waals surface area contributed by atoms with Crippen LogP contribution in [0.1, 0.15) is 13.8 Å². The Hall–Kier alpha value is -0.500. The van der Waals surface area contributed by atoms with Crippen molar-refractivity contribution >= 4 is 13.8 Å². The number of ether oxygens (including phenoxy) is 2. The minimum atomic E-state index is -4.63. The van der Waals surface area contributed by atoms with Crippen molar-refractivity contribution in [2.75, 3.05) is 26.9 Å². The third-order valence-electron chi connectivity index (χ3n) is 1.90. The lowest BCUT2D eigenvalue weighted by Crippen LogP contribution is -2.34. The second-order valence-corrected chi connectivity index (χ2v) is 5.59. The lowest BCUT2D eigenvalue weighted by molar-refractivity contribution is -0.160. The normalized spacial score (nSPS) is 14.3. The van der Waals surface area contributed by atoms with E-state index < -0.39 is 38.5 Å². The molecule has 0 radical (unpaired) electrons. The van der Waals surface area contributed by atoms with Crippen LogP contribution in [0, 0.1) is 5.41 Å². The topological polar surface area (TPSA) is 123 Å². The van der Waals surface area contributed by atoms with Crippen LogP contribution in [-0.4, -0.2) is 53.9 Å². The molecule has 3 N–H and O–H groups in total. The van der Waals surface area contributed by atoms with Crippen LogP contribution in [0.3, 0.4) is 0 Å². The van der Waals surface area contributed by atoms with Crippen molar-refractivity contribution in [2.24, 2.45) is 5.41 Å². The van der Waals surface area contributed by atoms with Crippen molar-refractivity contribution in [3.63, 3.8) is 0 Å². The highest BCUT2D eigenvalue weighted by Gasteiger charge is 2.30. The highest BCUT2D eigenvalue weighted by atomic mass is 31.2. The maximum Gasteiger partial charge on any atom is 0.469 e. The molecule has 0 aromatic heterocycles. The Morgan fingerprint density at radius 1 is 1.33 bits per heavy atom. The molecule has 0 aliphatic rings. The summed E-state index contributed by atoms with van der Waals surface area (Å²) in [4.78, 5) is 28.3. The molecule has 1 atom stereocenters. The number of hydrogen-bond donors (Lipinski definition) is 3. The van der Waals surface area contributed by atoms with Gasteiger partial charge in [0.1, 0.15) is 12.7 Å². The van der Waals surface area contributed by atoms with E-state index in [1.807, 2.05) is 0 Å². The molecule has 18 heavy (non-hydrogen) atoms. The third kappa shape index (κ3) is 7.75. The van der Waals surface area contributed by atoms with Gasteiger partial charge in [0.25, 0.3) is 0 Å². The van der Waals surface area contributed by atoms with E-state index in [0.29, 0.717) is 0 Å². The van der Waals surface area contributed by atoms with Crippen molar-refractivity contribution in [2.45, 2.75) is 20.0 Å². The highest BCUT2D eigenvalue weighted by molar-refractivity contribution is 7.46. The fraction of sp³-hybridized carbons (Fsp3) is 0.889. The van der Waals surface area contributed by atoms with Gasteiger partial charge in [0.05, 0.1) is 18.6 Å². The summed E-state index contributed by atoms with van der Waals surface area (Å²) in [6.07, 6.45) is -1.31. The number of phosphoric ester groups is 1. The third-order valence-corrected chi connectivity index (χ3v) is 2.39. The number of esters is 1. The predicted octanol–water partition coefficient (Wildman–Crippen LogP) is -0.328. The SMILES string of the molecule is COCC(C)(C)C(=O)OCC(O)COP(=O)(O)O. The molecule has 0 fully saturated rings. The zero-order valence-corrected chi connectivity index (χ0v) is 11.4. The van der Waals surface area contributed by atoms with Crippen LogP contribution in [0.2, 0.25) is 0 Å². The molecule has 0 rings (SSSR count). The van der Waals surface area contributed by atoms with Crippen molar-refractivity contribution in [1.29, 1.82) is 0 Å². The zero-order chi connectivity index (χ0) is 14.4. The number of rotatable bonds is 8. The van der Waals surface area contributed by atoms with Gasteiger partial charge in [-0.15, -0.1) is 0 Å². The van der Waals surface area contributed by atoms with Crippen LogP contribution < -0.4 is 0 Å². The van der Waals surface area contributed by atoms with E-state index in [-0.39, 0.29) is 6.61 Å². The number of aliphatic hydroxyl groups is 1. The minimum absolute atomic E-state index is 0.154. The van der Waals surface area contributed by atoms with E-state index in [4.69, 9.17) is 19.3 Å². The molecule has 0 spiro atoms. The average Bonchev–Trinajstić information content (AvgIpc) is 2.21. The van der Waals surface area contributed by atoms with Crippen molar-refractivity contribution in [3.8, 4) is 0 Å². The van der Waals surface area contributed by atoms with Crippen molar-refractivity contribution < 1.29 is 38.3 Å². The van der Waals surface area contributed by atoms with Gasteiger partial charge in [-0.05, 0) is 13.8 Å². The molecule has 8 nitrogen and oxygen atoms in total. The molecule has 0 heterocycles. The predicted molar refractivity (Wildman–Crippen MR) is 60.6 cm³/mol. The van der Waals surface area contributed by atoms with Gasteiger partial charge in [0.2, 0.25) is 0 Å². The molecular weight excluding hydrogens is 267 g/mol. The molecule has 9 heteroatoms. The molecule has 0 amide bonds. The lowest BCUT2D eigenvalue weighted by atomic mass is 9.95. The van der Waals surface area contributed by atoms with Crippen LogP contribution in [0.5, 0.6) is 0 Å². The van der Waals surface area contributed by atoms with Gasteiger partial charge >= 0.3 is 13.8 Å². The Kier molecular flexibility index (Phi) is 6.98. The zero-order valence-electron chi connectivity index (χ0n) is 10.5. The van der Waals surface area contributed by atoms with E-state index in [1.165, 1.54) is 7.11 Å². The van der Waals surface area contributed by atoms with Gasteiger partial charge < -0.3 is 24.4 Å². The first-order valence-electron chi connectivity index (χ1n) is 5.13. The molecule has 1 unspecified atom stereocenters. The van der Waals surface area contributed by atoms with Crippen LogP contribution in [0.4, 0.5) is 0 Å². The molecule has 0 saturated heterocycles. The van der Waals surface area contributed by atoms with Crippen LogP contribution in [0.15, 0.2) is 0 Å². The van der Waals surface area contributed by atoms with Crippen LogP contribution in [-0.2, 0) is 23.4 Å². The number of hydrogen-bond acceptors (Lipinski definition) is 6. The maximum absolute atomic E-state index is 11.6. The Labute approximate surface area is 105 Å². The first-order valence-corrected chi connectivity index (χ1v) is 6.66. The molecule has 0 bridgehead atoms. The molecule has 0 aromatic carbocycles. The Bertz CT molecular complexity index is 310. The van der Waals surface area contributed by atoms with E-state index in [2.05, 4.69) is 4.52 Å². The number of carbonyl (C=O) groups excluding carboxylic acids is 1. The number of phosphoric acid groups is 1. The van der Waals surface area contributed by atoms with Gasteiger partial charge in [-0.2, -0.15) is 0 Å². The first-order chi connectivity index (χ1) is 8.08. The molecule has 0 aliphatic heterocycles. The van der Waals surface area contributed by atoms with Gasteiger partial charge in [0.15, 0.2) is 0 Å². The summed E-state index contributed by atoms with van der Waals surface area (Å²) in [6, 6.07) is 0. The summed E-state index contributed by atoms with van der Waals surface area (Å²) < 4.78 is 24.0. The quantitative estimate of drug-likeness (QED) is 0.409. The standard InChI is InChI=1S/C9H19O8P/c1-9(2,6-15-3)8(11)16-4-7(10)5-17-18(12,13)14/h7,10H,4-6H2,1-3H3,(H2,12,13,14).